The fraction of sp³-hybridized carbons (Fsp3) is 0.0769. The standard InChI is InChI=1S/C13H11ClN2O3S/c14-10-4-6-11(7-5-10)16-12(17)9-20(18,19)13-3-1-2-8-15-13/h1-8H,9H2,(H,16,17). The number of carbonyl (C=O) groups excluding carboxylic acids is 1. The van der Waals surface area contributed by atoms with Crippen LogP contribution in [0, 0.1) is 0 Å². The zero-order valence-electron chi connectivity index (χ0n) is 10.3. The van der Waals surface area contributed by atoms with Crippen molar-refractivity contribution < 1.29 is 13.2 Å². The van der Waals surface area contributed by atoms with E-state index < -0.39 is 21.5 Å². The summed E-state index contributed by atoms with van der Waals surface area (Å²) in [5.41, 5.74) is 0.482. The first-order chi connectivity index (χ1) is 9.47. The van der Waals surface area contributed by atoms with Crippen molar-refractivity contribution in [3.05, 3.63) is 53.7 Å². The molecule has 0 saturated carbocycles. The van der Waals surface area contributed by atoms with Gasteiger partial charge in [0.1, 0.15) is 5.75 Å². The van der Waals surface area contributed by atoms with E-state index in [9.17, 15) is 13.2 Å². The number of pyridine rings is 1. The number of hydrogen-bond acceptors (Lipinski definition) is 4. The van der Waals surface area contributed by atoms with E-state index in [1.165, 1.54) is 12.3 Å². The Balaban J connectivity index is 2.06. The molecule has 1 heterocycles. The van der Waals surface area contributed by atoms with Crippen molar-refractivity contribution in [2.75, 3.05) is 11.1 Å². The summed E-state index contributed by atoms with van der Waals surface area (Å²) >= 11 is 5.72. The van der Waals surface area contributed by atoms with Crippen molar-refractivity contribution in [3.8, 4) is 0 Å². The summed E-state index contributed by atoms with van der Waals surface area (Å²) in [5, 5.41) is 2.90. The Hall–Kier alpha value is -1.92. The van der Waals surface area contributed by atoms with Crippen molar-refractivity contribution in [3.63, 3.8) is 0 Å². The number of hydrogen-bond donors (Lipinski definition) is 1. The lowest BCUT2D eigenvalue weighted by molar-refractivity contribution is -0.113. The Morgan fingerprint density at radius 2 is 1.85 bits per heavy atom. The van der Waals surface area contributed by atoms with Crippen LogP contribution in [-0.2, 0) is 14.6 Å². The second-order valence-corrected chi connectivity index (χ2v) is 6.36. The number of anilines is 1. The van der Waals surface area contributed by atoms with Crippen LogP contribution in [0.5, 0.6) is 0 Å². The first kappa shape index (κ1) is 14.5. The van der Waals surface area contributed by atoms with E-state index in [1.807, 2.05) is 0 Å². The maximum Gasteiger partial charge on any atom is 0.240 e. The number of benzene rings is 1. The minimum Gasteiger partial charge on any atom is -0.325 e. The van der Waals surface area contributed by atoms with Gasteiger partial charge in [-0.25, -0.2) is 13.4 Å². The largest absolute Gasteiger partial charge is 0.325 e. The van der Waals surface area contributed by atoms with Gasteiger partial charge in [0.05, 0.1) is 0 Å². The highest BCUT2D eigenvalue weighted by Crippen LogP contribution is 2.14. The number of amides is 1. The van der Waals surface area contributed by atoms with Gasteiger partial charge in [-0.05, 0) is 36.4 Å². The van der Waals surface area contributed by atoms with Crippen LogP contribution >= 0.6 is 11.6 Å². The van der Waals surface area contributed by atoms with Crippen molar-refractivity contribution in [2.24, 2.45) is 0 Å². The summed E-state index contributed by atoms with van der Waals surface area (Å²) in [4.78, 5) is 15.5. The van der Waals surface area contributed by atoms with Gasteiger partial charge in [0.25, 0.3) is 0 Å². The average molecular weight is 311 g/mol. The van der Waals surface area contributed by atoms with Crippen molar-refractivity contribution in [2.45, 2.75) is 5.03 Å². The van der Waals surface area contributed by atoms with E-state index in [2.05, 4.69) is 10.3 Å². The predicted octanol–water partition coefficient (Wildman–Crippen LogP) is 2.15. The van der Waals surface area contributed by atoms with Gasteiger partial charge in [-0.15, -0.1) is 0 Å². The smallest absolute Gasteiger partial charge is 0.240 e. The third kappa shape index (κ3) is 3.79. The van der Waals surface area contributed by atoms with Gasteiger partial charge < -0.3 is 5.32 Å². The molecule has 0 unspecified atom stereocenters. The van der Waals surface area contributed by atoms with Crippen molar-refractivity contribution >= 4 is 33.0 Å². The average Bonchev–Trinajstić information content (AvgIpc) is 2.42. The molecule has 0 aliphatic heterocycles. The Morgan fingerprint density at radius 3 is 2.45 bits per heavy atom. The fourth-order valence-electron chi connectivity index (χ4n) is 1.51. The number of halogens is 1. The van der Waals surface area contributed by atoms with Gasteiger partial charge in [0.15, 0.2) is 5.03 Å². The number of nitrogens with zero attached hydrogens (tertiary/aromatic N) is 1. The lowest BCUT2D eigenvalue weighted by atomic mass is 10.3. The summed E-state index contributed by atoms with van der Waals surface area (Å²) in [6.45, 7) is 0. The minimum absolute atomic E-state index is 0.119. The highest BCUT2D eigenvalue weighted by molar-refractivity contribution is 7.92. The van der Waals surface area contributed by atoms with Gasteiger partial charge in [0, 0.05) is 16.9 Å². The predicted molar refractivity (Wildman–Crippen MR) is 76.4 cm³/mol. The summed E-state index contributed by atoms with van der Waals surface area (Å²) in [7, 11) is -3.74. The maximum atomic E-state index is 11.9. The van der Waals surface area contributed by atoms with Crippen LogP contribution in [-0.4, -0.2) is 25.1 Å². The number of nitrogens with one attached hydrogen (secondary N) is 1. The summed E-state index contributed by atoms with van der Waals surface area (Å²) < 4.78 is 23.9. The molecule has 0 aliphatic rings. The summed E-state index contributed by atoms with van der Waals surface area (Å²) in [5.74, 6) is -1.29. The Labute approximate surface area is 121 Å². The van der Waals surface area contributed by atoms with E-state index in [0.29, 0.717) is 10.7 Å². The van der Waals surface area contributed by atoms with E-state index in [1.54, 1.807) is 36.4 Å². The third-order valence-electron chi connectivity index (χ3n) is 2.41. The van der Waals surface area contributed by atoms with Crippen LogP contribution in [0.2, 0.25) is 5.02 Å². The highest BCUT2D eigenvalue weighted by atomic mass is 35.5. The number of carbonyl (C=O) groups is 1. The highest BCUT2D eigenvalue weighted by Gasteiger charge is 2.20. The fourth-order valence-corrected chi connectivity index (χ4v) is 2.71. The van der Waals surface area contributed by atoms with Crippen LogP contribution in [0.4, 0.5) is 5.69 Å². The topological polar surface area (TPSA) is 76.1 Å². The molecule has 7 heteroatoms. The van der Waals surface area contributed by atoms with Gasteiger partial charge in [-0.2, -0.15) is 0 Å². The summed E-state index contributed by atoms with van der Waals surface area (Å²) in [6, 6.07) is 10.9. The molecule has 0 atom stereocenters. The van der Waals surface area contributed by atoms with Gasteiger partial charge in [0.2, 0.25) is 15.7 Å². The monoisotopic (exact) mass is 310 g/mol. The van der Waals surface area contributed by atoms with Crippen LogP contribution in [0.3, 0.4) is 0 Å². The molecule has 104 valence electrons. The second kappa shape index (κ2) is 6.02. The van der Waals surface area contributed by atoms with Gasteiger partial charge in [-0.1, -0.05) is 17.7 Å². The molecule has 0 bridgehead atoms. The van der Waals surface area contributed by atoms with E-state index in [-0.39, 0.29) is 5.03 Å². The van der Waals surface area contributed by atoms with Crippen LogP contribution in [0.25, 0.3) is 0 Å². The zero-order chi connectivity index (χ0) is 14.6. The molecule has 0 aliphatic carbocycles. The number of aromatic nitrogens is 1. The molecule has 1 N–H and O–H groups in total. The summed E-state index contributed by atoms with van der Waals surface area (Å²) in [6.07, 6.45) is 1.37. The zero-order valence-corrected chi connectivity index (χ0v) is 11.9. The lowest BCUT2D eigenvalue weighted by Gasteiger charge is -2.06. The molecule has 2 aromatic rings. The van der Waals surface area contributed by atoms with Crippen LogP contribution in [0.15, 0.2) is 53.7 Å². The van der Waals surface area contributed by atoms with Crippen LogP contribution in [0.1, 0.15) is 0 Å². The molecular formula is C13H11ClN2O3S. The van der Waals surface area contributed by atoms with E-state index in [0.717, 1.165) is 0 Å². The van der Waals surface area contributed by atoms with E-state index in [4.69, 9.17) is 11.6 Å². The molecule has 2 rings (SSSR count). The minimum atomic E-state index is -3.74. The Morgan fingerprint density at radius 1 is 1.15 bits per heavy atom. The molecule has 5 nitrogen and oxygen atoms in total. The quantitative estimate of drug-likeness (QED) is 0.938. The molecule has 0 saturated heterocycles. The Kier molecular flexibility index (Phi) is 4.36. The number of rotatable bonds is 4. The second-order valence-electron chi connectivity index (χ2n) is 3.98. The molecule has 0 fully saturated rings. The Bertz CT molecular complexity index is 700. The lowest BCUT2D eigenvalue weighted by Crippen LogP contribution is -2.23. The molecule has 1 aromatic carbocycles. The number of sulfone groups is 1. The molecule has 20 heavy (non-hydrogen) atoms. The van der Waals surface area contributed by atoms with Gasteiger partial charge >= 0.3 is 0 Å². The van der Waals surface area contributed by atoms with E-state index >= 15 is 0 Å². The SMILES string of the molecule is O=C(CS(=O)(=O)c1ccccn1)Nc1ccc(Cl)cc1. The first-order valence-electron chi connectivity index (χ1n) is 5.66. The van der Waals surface area contributed by atoms with Crippen molar-refractivity contribution in [1.82, 2.24) is 4.98 Å². The third-order valence-corrected chi connectivity index (χ3v) is 4.18. The normalized spacial score (nSPS) is 11.1. The molecule has 1 amide bonds. The van der Waals surface area contributed by atoms with Crippen LogP contribution < -0.4 is 5.32 Å². The first-order valence-corrected chi connectivity index (χ1v) is 7.69. The molecule has 0 radical (unpaired) electrons. The van der Waals surface area contributed by atoms with Crippen molar-refractivity contribution in [1.29, 1.82) is 0 Å². The molecular weight excluding hydrogens is 300 g/mol. The maximum absolute atomic E-state index is 11.9. The molecule has 1 aromatic heterocycles. The molecule has 0 spiro atoms. The van der Waals surface area contributed by atoms with Gasteiger partial charge in [-0.3, -0.25) is 4.79 Å².